The van der Waals surface area contributed by atoms with Gasteiger partial charge in [-0.25, -0.2) is 4.98 Å². The van der Waals surface area contributed by atoms with E-state index >= 15 is 0 Å². The summed E-state index contributed by atoms with van der Waals surface area (Å²) in [5.41, 5.74) is 4.72. The maximum Gasteiger partial charge on any atom is 0.251 e. The molecule has 2 heterocycles. The molecule has 0 saturated carbocycles. The molecule has 2 amide bonds. The Labute approximate surface area is 151 Å². The molecular weight excluding hydrogens is 330 g/mol. The molecule has 0 aliphatic heterocycles. The fourth-order valence-electron chi connectivity index (χ4n) is 2.95. The Morgan fingerprint density at radius 1 is 1.08 bits per heavy atom. The fraction of sp³-hybridized carbons (Fsp3) is 0.263. The van der Waals surface area contributed by atoms with E-state index in [1.807, 2.05) is 40.0 Å². The van der Waals surface area contributed by atoms with E-state index in [1.165, 1.54) is 0 Å². The molecular formula is C19H21N5O2. The van der Waals surface area contributed by atoms with Crippen molar-refractivity contribution in [1.82, 2.24) is 20.1 Å². The molecule has 0 spiro atoms. The Balaban J connectivity index is 1.63. The van der Waals surface area contributed by atoms with E-state index in [9.17, 15) is 9.59 Å². The van der Waals surface area contributed by atoms with Gasteiger partial charge in [0, 0.05) is 18.0 Å². The number of fused-ring (bicyclic) bond motifs is 1. The minimum absolute atomic E-state index is 0.115. The monoisotopic (exact) mass is 351 g/mol. The number of aryl methyl sites for hydroxylation is 4. The van der Waals surface area contributed by atoms with Crippen LogP contribution in [0.25, 0.3) is 11.0 Å². The molecule has 26 heavy (non-hydrogen) atoms. The number of hydrogen-bond acceptors (Lipinski definition) is 4. The van der Waals surface area contributed by atoms with E-state index in [0.717, 1.165) is 27.9 Å². The SMILES string of the molecule is Cc1cc(C)cc(C(=O)NCC(=O)Nc2cnc3c(c2)c(C)nn3C)c1. The van der Waals surface area contributed by atoms with Crippen LogP contribution in [-0.2, 0) is 11.8 Å². The molecule has 0 saturated heterocycles. The number of hydrogen-bond donors (Lipinski definition) is 2. The van der Waals surface area contributed by atoms with Crippen LogP contribution >= 0.6 is 0 Å². The summed E-state index contributed by atoms with van der Waals surface area (Å²) in [7, 11) is 1.82. The number of rotatable bonds is 4. The standard InChI is InChI=1S/C19H21N5O2/c1-11-5-12(2)7-14(6-11)19(26)21-10-17(25)22-15-8-16-13(3)23-24(4)18(16)20-9-15/h5-9H,10H2,1-4H3,(H,21,26)(H,22,25). The third-order valence-electron chi connectivity index (χ3n) is 4.04. The zero-order chi connectivity index (χ0) is 18.8. The van der Waals surface area contributed by atoms with E-state index in [4.69, 9.17) is 0 Å². The van der Waals surface area contributed by atoms with Crippen LogP contribution in [0.4, 0.5) is 5.69 Å². The van der Waals surface area contributed by atoms with Crippen molar-refractivity contribution in [2.24, 2.45) is 7.05 Å². The number of pyridine rings is 1. The summed E-state index contributed by atoms with van der Waals surface area (Å²) in [4.78, 5) is 28.7. The molecule has 0 radical (unpaired) electrons. The van der Waals surface area contributed by atoms with Crippen LogP contribution in [0.2, 0.25) is 0 Å². The highest BCUT2D eigenvalue weighted by Crippen LogP contribution is 2.19. The predicted molar refractivity (Wildman–Crippen MR) is 100 cm³/mol. The topological polar surface area (TPSA) is 88.9 Å². The van der Waals surface area contributed by atoms with Crippen LogP contribution in [0.15, 0.2) is 30.5 Å². The van der Waals surface area contributed by atoms with Crippen LogP contribution in [0.1, 0.15) is 27.2 Å². The maximum absolute atomic E-state index is 12.2. The maximum atomic E-state index is 12.2. The summed E-state index contributed by atoms with van der Waals surface area (Å²) >= 11 is 0. The molecule has 0 atom stereocenters. The largest absolute Gasteiger partial charge is 0.343 e. The van der Waals surface area contributed by atoms with E-state index in [-0.39, 0.29) is 18.4 Å². The number of nitrogens with one attached hydrogen (secondary N) is 2. The number of nitrogens with zero attached hydrogens (tertiary/aromatic N) is 3. The molecule has 7 heteroatoms. The predicted octanol–water partition coefficient (Wildman–Crippen LogP) is 2.26. The lowest BCUT2D eigenvalue weighted by atomic mass is 10.1. The Hall–Kier alpha value is -3.22. The van der Waals surface area contributed by atoms with E-state index in [0.29, 0.717) is 11.3 Å². The molecule has 2 aromatic heterocycles. The summed E-state index contributed by atoms with van der Waals surface area (Å²) in [5, 5.41) is 10.6. The number of amides is 2. The van der Waals surface area contributed by atoms with Gasteiger partial charge in [0.2, 0.25) is 5.91 Å². The van der Waals surface area contributed by atoms with Gasteiger partial charge >= 0.3 is 0 Å². The number of anilines is 1. The molecule has 1 aromatic carbocycles. The molecule has 0 fully saturated rings. The minimum atomic E-state index is -0.314. The van der Waals surface area contributed by atoms with Crippen LogP contribution < -0.4 is 10.6 Å². The van der Waals surface area contributed by atoms with Crippen molar-refractivity contribution in [2.75, 3.05) is 11.9 Å². The van der Waals surface area contributed by atoms with E-state index < -0.39 is 0 Å². The summed E-state index contributed by atoms with van der Waals surface area (Å²) in [6.45, 7) is 5.63. The Morgan fingerprint density at radius 2 is 1.77 bits per heavy atom. The van der Waals surface area contributed by atoms with Crippen molar-refractivity contribution in [3.8, 4) is 0 Å². The molecule has 0 aliphatic rings. The van der Waals surface area contributed by atoms with Gasteiger partial charge in [-0.1, -0.05) is 17.2 Å². The van der Waals surface area contributed by atoms with Crippen LogP contribution in [0.3, 0.4) is 0 Å². The lowest BCUT2D eigenvalue weighted by Gasteiger charge is -2.08. The van der Waals surface area contributed by atoms with Crippen LogP contribution in [0.5, 0.6) is 0 Å². The number of carbonyl (C=O) groups excluding carboxylic acids is 2. The van der Waals surface area contributed by atoms with Crippen molar-refractivity contribution < 1.29 is 9.59 Å². The Bertz CT molecular complexity index is 986. The zero-order valence-corrected chi connectivity index (χ0v) is 15.3. The van der Waals surface area contributed by atoms with Gasteiger partial charge in [-0.15, -0.1) is 0 Å². The molecule has 7 nitrogen and oxygen atoms in total. The smallest absolute Gasteiger partial charge is 0.251 e. The highest BCUT2D eigenvalue weighted by molar-refractivity contribution is 6.00. The first kappa shape index (κ1) is 17.6. The van der Waals surface area contributed by atoms with Crippen molar-refractivity contribution in [3.05, 3.63) is 52.8 Å². The average molecular weight is 351 g/mol. The third kappa shape index (κ3) is 3.72. The second kappa shape index (κ2) is 6.95. The van der Waals surface area contributed by atoms with Crippen molar-refractivity contribution in [3.63, 3.8) is 0 Å². The Kier molecular flexibility index (Phi) is 4.71. The van der Waals surface area contributed by atoms with Gasteiger partial charge in [-0.05, 0) is 39.0 Å². The molecule has 0 bridgehead atoms. The molecule has 0 aliphatic carbocycles. The molecule has 134 valence electrons. The Morgan fingerprint density at radius 3 is 2.46 bits per heavy atom. The van der Waals surface area contributed by atoms with Gasteiger partial charge in [0.15, 0.2) is 5.65 Å². The van der Waals surface area contributed by atoms with Gasteiger partial charge in [-0.3, -0.25) is 14.3 Å². The third-order valence-corrected chi connectivity index (χ3v) is 4.04. The van der Waals surface area contributed by atoms with Crippen molar-refractivity contribution in [2.45, 2.75) is 20.8 Å². The number of benzene rings is 1. The van der Waals surface area contributed by atoms with E-state index in [2.05, 4.69) is 20.7 Å². The quantitative estimate of drug-likeness (QED) is 0.755. The van der Waals surface area contributed by atoms with Gasteiger partial charge in [0.05, 0.1) is 24.1 Å². The summed E-state index contributed by atoms with van der Waals surface area (Å²) in [5.74, 6) is -0.589. The second-order valence-corrected chi connectivity index (χ2v) is 6.41. The second-order valence-electron chi connectivity index (χ2n) is 6.41. The average Bonchev–Trinajstić information content (AvgIpc) is 2.86. The number of aromatic nitrogens is 3. The molecule has 3 aromatic rings. The van der Waals surface area contributed by atoms with Gasteiger partial charge < -0.3 is 10.6 Å². The lowest BCUT2D eigenvalue weighted by molar-refractivity contribution is -0.115. The summed E-state index contributed by atoms with van der Waals surface area (Å²) < 4.78 is 1.69. The minimum Gasteiger partial charge on any atom is -0.343 e. The highest BCUT2D eigenvalue weighted by atomic mass is 16.2. The van der Waals surface area contributed by atoms with Crippen molar-refractivity contribution in [1.29, 1.82) is 0 Å². The van der Waals surface area contributed by atoms with Gasteiger partial charge in [0.1, 0.15) is 0 Å². The van der Waals surface area contributed by atoms with Crippen LogP contribution in [-0.4, -0.2) is 33.1 Å². The first-order valence-electron chi connectivity index (χ1n) is 8.29. The zero-order valence-electron chi connectivity index (χ0n) is 15.3. The van der Waals surface area contributed by atoms with Crippen molar-refractivity contribution >= 4 is 28.5 Å². The first-order chi connectivity index (χ1) is 12.3. The normalized spacial score (nSPS) is 10.8. The van der Waals surface area contributed by atoms with Gasteiger partial charge in [-0.2, -0.15) is 5.10 Å². The lowest BCUT2D eigenvalue weighted by Crippen LogP contribution is -2.32. The summed E-state index contributed by atoms with van der Waals surface area (Å²) in [6.07, 6.45) is 1.58. The van der Waals surface area contributed by atoms with E-state index in [1.54, 1.807) is 23.0 Å². The summed E-state index contributed by atoms with van der Waals surface area (Å²) in [6, 6.07) is 7.41. The molecule has 0 unspecified atom stereocenters. The number of carbonyl (C=O) groups is 2. The fourth-order valence-corrected chi connectivity index (χ4v) is 2.95. The highest BCUT2D eigenvalue weighted by Gasteiger charge is 2.11. The van der Waals surface area contributed by atoms with Crippen LogP contribution in [0, 0.1) is 20.8 Å². The first-order valence-corrected chi connectivity index (χ1v) is 8.29. The molecule has 2 N–H and O–H groups in total. The van der Waals surface area contributed by atoms with Gasteiger partial charge in [0.25, 0.3) is 5.91 Å². The molecule has 3 rings (SSSR count).